The number of rotatable bonds is 9. The van der Waals surface area contributed by atoms with Crippen LogP contribution in [0.25, 0.3) is 0 Å². The van der Waals surface area contributed by atoms with E-state index >= 15 is 0 Å². The maximum atomic E-state index is 12.6. The summed E-state index contributed by atoms with van der Waals surface area (Å²) in [5.41, 5.74) is 1.66. The molecule has 176 valence electrons. The molecule has 9 heteroatoms. The van der Waals surface area contributed by atoms with Gasteiger partial charge in [-0.25, -0.2) is 0 Å². The van der Waals surface area contributed by atoms with E-state index in [0.29, 0.717) is 36.9 Å². The van der Waals surface area contributed by atoms with E-state index in [1.54, 1.807) is 32.4 Å². The van der Waals surface area contributed by atoms with Gasteiger partial charge in [0, 0.05) is 32.2 Å². The number of carboxylic acids is 1. The molecule has 1 amide bonds. The van der Waals surface area contributed by atoms with Crippen LogP contribution in [0.5, 0.6) is 17.2 Å². The normalized spacial score (nSPS) is 21.7. The van der Waals surface area contributed by atoms with E-state index in [2.05, 4.69) is 5.32 Å². The van der Waals surface area contributed by atoms with Crippen LogP contribution in [-0.2, 0) is 14.3 Å². The van der Waals surface area contributed by atoms with Gasteiger partial charge >= 0.3 is 5.97 Å². The number of ether oxygens (including phenoxy) is 4. The number of aliphatic carboxylic acids is 1. The Hall–Kier alpha value is -3.30. The minimum Gasteiger partial charge on any atom is -0.497 e. The molecule has 0 bridgehead atoms. The molecule has 9 nitrogen and oxygen atoms in total. The van der Waals surface area contributed by atoms with E-state index in [1.165, 1.54) is 0 Å². The fourth-order valence-corrected chi connectivity index (χ4v) is 4.61. The summed E-state index contributed by atoms with van der Waals surface area (Å²) < 4.78 is 21.2. The number of hydrogen-bond acceptors (Lipinski definition) is 7. The molecule has 0 radical (unpaired) electrons. The van der Waals surface area contributed by atoms with Crippen LogP contribution in [0.15, 0.2) is 42.5 Å². The Labute approximate surface area is 192 Å². The van der Waals surface area contributed by atoms with Crippen molar-refractivity contribution in [3.8, 4) is 17.2 Å². The molecule has 0 spiro atoms. The average molecular weight is 456 g/mol. The monoisotopic (exact) mass is 456 g/mol. The minimum atomic E-state index is -0.916. The van der Waals surface area contributed by atoms with Crippen molar-refractivity contribution in [3.05, 3.63) is 53.6 Å². The Bertz CT molecular complexity index is 995. The summed E-state index contributed by atoms with van der Waals surface area (Å²) in [7, 11) is 3.15. The van der Waals surface area contributed by atoms with Crippen molar-refractivity contribution in [3.63, 3.8) is 0 Å². The van der Waals surface area contributed by atoms with Crippen molar-refractivity contribution in [2.24, 2.45) is 5.92 Å². The zero-order chi connectivity index (χ0) is 23.4. The van der Waals surface area contributed by atoms with Crippen molar-refractivity contribution in [1.29, 1.82) is 0 Å². The first-order chi connectivity index (χ1) is 16.0. The lowest BCUT2D eigenvalue weighted by atomic mass is 9.82. The lowest BCUT2D eigenvalue weighted by Crippen LogP contribution is -2.39. The molecule has 1 saturated heterocycles. The number of likely N-dealkylation sites (tertiary alicyclic amines) is 1. The summed E-state index contributed by atoms with van der Waals surface area (Å²) >= 11 is 0. The third-order valence-corrected chi connectivity index (χ3v) is 6.14. The summed E-state index contributed by atoms with van der Waals surface area (Å²) in [5, 5.41) is 13.1. The van der Waals surface area contributed by atoms with Crippen molar-refractivity contribution in [2.45, 2.75) is 12.0 Å². The van der Waals surface area contributed by atoms with Gasteiger partial charge in [-0.05, 0) is 35.4 Å². The van der Waals surface area contributed by atoms with Crippen LogP contribution in [0, 0.1) is 5.92 Å². The van der Waals surface area contributed by atoms with Crippen LogP contribution in [0.2, 0.25) is 0 Å². The van der Waals surface area contributed by atoms with Gasteiger partial charge in [-0.2, -0.15) is 0 Å². The lowest BCUT2D eigenvalue weighted by Gasteiger charge is -2.27. The molecular formula is C24H28N2O7. The van der Waals surface area contributed by atoms with E-state index in [-0.39, 0.29) is 25.2 Å². The van der Waals surface area contributed by atoms with Gasteiger partial charge in [0.15, 0.2) is 11.5 Å². The maximum absolute atomic E-state index is 12.6. The summed E-state index contributed by atoms with van der Waals surface area (Å²) in [4.78, 5) is 27.1. The molecule has 2 heterocycles. The van der Waals surface area contributed by atoms with Gasteiger partial charge in [-0.3, -0.25) is 14.5 Å². The van der Waals surface area contributed by atoms with E-state index < -0.39 is 17.9 Å². The second-order valence-electron chi connectivity index (χ2n) is 8.07. The highest BCUT2D eigenvalue weighted by Gasteiger charge is 2.48. The van der Waals surface area contributed by atoms with Gasteiger partial charge in [-0.1, -0.05) is 18.2 Å². The standard InChI is InChI=1S/C24H28N2O7/c1-30-10-9-25-21(27)13-26-12-18(16-5-8-19-20(11-16)33-14-32-19)22(24(28)29)23(26)15-3-6-17(31-2)7-4-15/h3-8,11,18,22-23H,9-10,12-14H2,1-2H3,(H,25,27)(H,28,29). The predicted octanol–water partition coefficient (Wildman–Crippen LogP) is 2.03. The highest BCUT2D eigenvalue weighted by molar-refractivity contribution is 5.79. The fraction of sp³-hybridized carbons (Fsp3) is 0.417. The van der Waals surface area contributed by atoms with Gasteiger partial charge in [0.2, 0.25) is 12.7 Å². The molecule has 2 aliphatic heterocycles. The first-order valence-electron chi connectivity index (χ1n) is 10.8. The Morgan fingerprint density at radius 2 is 1.82 bits per heavy atom. The number of amides is 1. The average Bonchev–Trinajstić information content (AvgIpc) is 3.43. The maximum Gasteiger partial charge on any atom is 0.309 e. The topological polar surface area (TPSA) is 107 Å². The molecule has 2 aromatic rings. The van der Waals surface area contributed by atoms with E-state index in [4.69, 9.17) is 18.9 Å². The number of fused-ring (bicyclic) bond motifs is 1. The molecule has 2 N–H and O–H groups in total. The van der Waals surface area contributed by atoms with Crippen LogP contribution < -0.4 is 19.5 Å². The number of nitrogens with zero attached hydrogens (tertiary/aromatic N) is 1. The van der Waals surface area contributed by atoms with Crippen LogP contribution >= 0.6 is 0 Å². The molecule has 4 rings (SSSR count). The molecular weight excluding hydrogens is 428 g/mol. The van der Waals surface area contributed by atoms with E-state index in [9.17, 15) is 14.7 Å². The molecule has 2 aliphatic rings. The Kier molecular flexibility index (Phi) is 7.00. The van der Waals surface area contributed by atoms with Gasteiger partial charge in [-0.15, -0.1) is 0 Å². The van der Waals surface area contributed by atoms with Gasteiger partial charge in [0.05, 0.1) is 26.2 Å². The van der Waals surface area contributed by atoms with Crippen molar-refractivity contribution >= 4 is 11.9 Å². The minimum absolute atomic E-state index is 0.0746. The highest BCUT2D eigenvalue weighted by atomic mass is 16.7. The molecule has 0 aromatic heterocycles. The summed E-state index contributed by atoms with van der Waals surface area (Å²) in [5.74, 6) is -0.263. The number of benzene rings is 2. The number of carboxylic acid groups (broad SMARTS) is 1. The van der Waals surface area contributed by atoms with Crippen LogP contribution in [0.4, 0.5) is 0 Å². The fourth-order valence-electron chi connectivity index (χ4n) is 4.61. The lowest BCUT2D eigenvalue weighted by molar-refractivity contribution is -0.143. The van der Waals surface area contributed by atoms with Gasteiger partial charge in [0.25, 0.3) is 0 Å². The zero-order valence-electron chi connectivity index (χ0n) is 18.7. The Morgan fingerprint density at radius 1 is 1.09 bits per heavy atom. The molecule has 0 saturated carbocycles. The summed E-state index contributed by atoms with van der Waals surface area (Å²) in [6.45, 7) is 1.43. The van der Waals surface area contributed by atoms with E-state index in [1.807, 2.05) is 29.2 Å². The largest absolute Gasteiger partial charge is 0.497 e. The molecule has 33 heavy (non-hydrogen) atoms. The molecule has 0 aliphatic carbocycles. The predicted molar refractivity (Wildman–Crippen MR) is 119 cm³/mol. The number of hydrogen-bond donors (Lipinski definition) is 2. The zero-order valence-corrected chi connectivity index (χ0v) is 18.7. The van der Waals surface area contributed by atoms with Crippen LogP contribution in [-0.4, -0.2) is 69.1 Å². The third kappa shape index (κ3) is 4.89. The number of methoxy groups -OCH3 is 2. The Balaban J connectivity index is 1.66. The van der Waals surface area contributed by atoms with Crippen molar-refractivity contribution in [2.75, 3.05) is 47.3 Å². The quantitative estimate of drug-likeness (QED) is 0.552. The third-order valence-electron chi connectivity index (χ3n) is 6.14. The SMILES string of the molecule is COCCNC(=O)CN1CC(c2ccc3c(c2)OCO3)C(C(=O)O)C1c1ccc(OC)cc1. The second-order valence-corrected chi connectivity index (χ2v) is 8.07. The smallest absolute Gasteiger partial charge is 0.309 e. The number of nitrogens with one attached hydrogen (secondary N) is 1. The number of carbonyl (C=O) groups is 2. The second kappa shape index (κ2) is 10.1. The number of carbonyl (C=O) groups excluding carboxylic acids is 1. The summed E-state index contributed by atoms with van der Waals surface area (Å²) in [6.07, 6.45) is 0. The van der Waals surface area contributed by atoms with Gasteiger partial charge in [0.1, 0.15) is 5.75 Å². The first-order valence-corrected chi connectivity index (χ1v) is 10.8. The first kappa shape index (κ1) is 22.9. The molecule has 2 aromatic carbocycles. The van der Waals surface area contributed by atoms with Crippen molar-refractivity contribution < 1.29 is 33.6 Å². The molecule has 3 atom stereocenters. The molecule has 3 unspecified atom stereocenters. The summed E-state index contributed by atoms with van der Waals surface area (Å²) in [6, 6.07) is 12.4. The highest BCUT2D eigenvalue weighted by Crippen LogP contribution is 2.47. The molecule has 1 fully saturated rings. The Morgan fingerprint density at radius 3 is 2.52 bits per heavy atom. The van der Waals surface area contributed by atoms with Crippen LogP contribution in [0.1, 0.15) is 23.1 Å². The van der Waals surface area contributed by atoms with Gasteiger partial charge < -0.3 is 29.4 Å². The van der Waals surface area contributed by atoms with Crippen LogP contribution in [0.3, 0.4) is 0 Å². The van der Waals surface area contributed by atoms with E-state index in [0.717, 1.165) is 11.1 Å². The van der Waals surface area contributed by atoms with Crippen molar-refractivity contribution in [1.82, 2.24) is 10.2 Å².